The molecule has 45 heavy (non-hydrogen) atoms. The van der Waals surface area contributed by atoms with Crippen LogP contribution in [-0.4, -0.2) is 30.8 Å². The third-order valence-electron chi connectivity index (χ3n) is 7.12. The fraction of sp³-hybridized carbons (Fsp3) is 0.333. The monoisotopic (exact) mass is 608 g/mol. The van der Waals surface area contributed by atoms with Gasteiger partial charge in [-0.1, -0.05) is 88.0 Å². The van der Waals surface area contributed by atoms with Crippen LogP contribution in [-0.2, 0) is 9.59 Å². The molecule has 0 fully saturated rings. The van der Waals surface area contributed by atoms with Crippen LogP contribution in [0, 0.1) is 5.41 Å². The molecule has 0 saturated heterocycles. The zero-order valence-electron chi connectivity index (χ0n) is 28.7. The van der Waals surface area contributed by atoms with Crippen molar-refractivity contribution < 1.29 is 9.59 Å². The molecule has 0 unspecified atom stereocenters. The highest BCUT2D eigenvalue weighted by Crippen LogP contribution is 2.31. The molecule has 6 nitrogen and oxygen atoms in total. The lowest BCUT2D eigenvalue weighted by Crippen LogP contribution is -2.25. The first kappa shape index (κ1) is 36.6. The first-order valence-corrected chi connectivity index (χ1v) is 15.5. The number of hydrogen-bond acceptors (Lipinski definition) is 4. The van der Waals surface area contributed by atoms with E-state index in [1.165, 1.54) is 5.57 Å². The molecule has 2 rings (SSSR count). The van der Waals surface area contributed by atoms with Crippen molar-refractivity contribution in [3.63, 3.8) is 0 Å². The third kappa shape index (κ3) is 12.5. The second-order valence-corrected chi connectivity index (χ2v) is 12.5. The smallest absolute Gasteiger partial charge is 0.255 e. The molecule has 2 aliphatic carbocycles. The molecule has 0 radical (unpaired) electrons. The second kappa shape index (κ2) is 17.6. The van der Waals surface area contributed by atoms with Crippen LogP contribution < -0.4 is 16.0 Å². The van der Waals surface area contributed by atoms with Crippen molar-refractivity contribution in [3.05, 3.63) is 142 Å². The van der Waals surface area contributed by atoms with Crippen molar-refractivity contribution in [2.24, 2.45) is 5.41 Å². The van der Waals surface area contributed by atoms with E-state index in [1.807, 2.05) is 95.4 Å². The first-order valence-electron chi connectivity index (χ1n) is 15.5. The summed E-state index contributed by atoms with van der Waals surface area (Å²) in [7, 11) is 3.96. The van der Waals surface area contributed by atoms with Crippen molar-refractivity contribution in [2.45, 2.75) is 67.7 Å². The van der Waals surface area contributed by atoms with Crippen LogP contribution in [0.4, 0.5) is 0 Å². The van der Waals surface area contributed by atoms with E-state index in [0.717, 1.165) is 45.8 Å². The SMILES string of the molecule is C=C/C(=C\C(=C/N(C)C)C1=CC=CCC(NC(=O)C2=CC=C(C(C)(C)C)CC=C2)=C1C)NC(/C=C/NC(=O)CC)=C/C=C(C)C. The number of allylic oxidation sites excluding steroid dienone is 16. The number of hydrogen-bond donors (Lipinski definition) is 3. The molecule has 3 N–H and O–H groups in total. The Morgan fingerprint density at radius 2 is 1.76 bits per heavy atom. The molecule has 0 aliphatic heterocycles. The van der Waals surface area contributed by atoms with Crippen LogP contribution >= 0.6 is 0 Å². The van der Waals surface area contributed by atoms with E-state index in [0.29, 0.717) is 18.4 Å². The Bertz CT molecular complexity index is 1470. The van der Waals surface area contributed by atoms with Gasteiger partial charge in [-0.15, -0.1) is 0 Å². The summed E-state index contributed by atoms with van der Waals surface area (Å²) in [5.41, 5.74) is 8.41. The van der Waals surface area contributed by atoms with Gasteiger partial charge in [-0.05, 0) is 79.7 Å². The average molecular weight is 609 g/mol. The quantitative estimate of drug-likeness (QED) is 0.196. The van der Waals surface area contributed by atoms with Crippen molar-refractivity contribution in [1.82, 2.24) is 20.9 Å². The van der Waals surface area contributed by atoms with Gasteiger partial charge in [-0.3, -0.25) is 9.59 Å². The van der Waals surface area contributed by atoms with Gasteiger partial charge < -0.3 is 20.9 Å². The van der Waals surface area contributed by atoms with Gasteiger partial charge in [0.1, 0.15) is 0 Å². The molecule has 2 aliphatic rings. The maximum Gasteiger partial charge on any atom is 0.255 e. The lowest BCUT2D eigenvalue weighted by atomic mass is 9.84. The summed E-state index contributed by atoms with van der Waals surface area (Å²) in [6, 6.07) is 0. The molecule has 6 heteroatoms. The highest BCUT2D eigenvalue weighted by atomic mass is 16.2. The molecular weight excluding hydrogens is 556 g/mol. The van der Waals surface area contributed by atoms with Gasteiger partial charge in [0.05, 0.1) is 0 Å². The summed E-state index contributed by atoms with van der Waals surface area (Å²) < 4.78 is 0. The number of carbonyl (C=O) groups excluding carboxylic acids is 2. The molecular formula is C39H52N4O2. The van der Waals surface area contributed by atoms with Crippen molar-refractivity contribution in [3.8, 4) is 0 Å². The van der Waals surface area contributed by atoms with Gasteiger partial charge in [0.15, 0.2) is 0 Å². The predicted octanol–water partition coefficient (Wildman–Crippen LogP) is 8.12. The molecule has 0 heterocycles. The van der Waals surface area contributed by atoms with Crippen molar-refractivity contribution in [1.29, 1.82) is 0 Å². The minimum absolute atomic E-state index is 0.0446. The number of nitrogens with one attached hydrogen (secondary N) is 3. The number of nitrogens with zero attached hydrogens (tertiary/aromatic N) is 1. The zero-order valence-corrected chi connectivity index (χ0v) is 28.7. The van der Waals surface area contributed by atoms with Gasteiger partial charge in [-0.2, -0.15) is 0 Å². The summed E-state index contributed by atoms with van der Waals surface area (Å²) >= 11 is 0. The molecule has 0 spiro atoms. The van der Waals surface area contributed by atoms with E-state index in [-0.39, 0.29) is 17.2 Å². The van der Waals surface area contributed by atoms with Gasteiger partial charge in [0.2, 0.25) is 5.91 Å². The zero-order chi connectivity index (χ0) is 33.6. The van der Waals surface area contributed by atoms with Gasteiger partial charge >= 0.3 is 0 Å². The van der Waals surface area contributed by atoms with E-state index >= 15 is 0 Å². The van der Waals surface area contributed by atoms with Gasteiger partial charge in [0, 0.05) is 62.0 Å². The number of carbonyl (C=O) groups is 2. The van der Waals surface area contributed by atoms with Crippen LogP contribution in [0.25, 0.3) is 0 Å². The van der Waals surface area contributed by atoms with Crippen LogP contribution in [0.3, 0.4) is 0 Å². The molecule has 0 aromatic carbocycles. The summed E-state index contributed by atoms with van der Waals surface area (Å²) in [6.45, 7) is 18.5. The maximum absolute atomic E-state index is 13.5. The molecule has 2 amide bonds. The van der Waals surface area contributed by atoms with E-state index in [2.05, 4.69) is 67.6 Å². The van der Waals surface area contributed by atoms with Crippen LogP contribution in [0.15, 0.2) is 142 Å². The predicted molar refractivity (Wildman–Crippen MR) is 190 cm³/mol. The molecule has 240 valence electrons. The summed E-state index contributed by atoms with van der Waals surface area (Å²) in [5.74, 6) is -0.181. The highest BCUT2D eigenvalue weighted by molar-refractivity contribution is 5.97. The highest BCUT2D eigenvalue weighted by Gasteiger charge is 2.19. The van der Waals surface area contributed by atoms with E-state index in [9.17, 15) is 9.59 Å². The number of rotatable bonds is 12. The van der Waals surface area contributed by atoms with E-state index in [4.69, 9.17) is 0 Å². The Labute approximate surface area is 271 Å². The number of amides is 2. The van der Waals surface area contributed by atoms with Crippen LogP contribution in [0.2, 0.25) is 0 Å². The van der Waals surface area contributed by atoms with Gasteiger partial charge in [0.25, 0.3) is 5.91 Å². The lowest BCUT2D eigenvalue weighted by Gasteiger charge is -2.21. The summed E-state index contributed by atoms with van der Waals surface area (Å²) in [4.78, 5) is 27.2. The maximum atomic E-state index is 13.5. The largest absolute Gasteiger partial charge is 0.383 e. The Balaban J connectivity index is 2.47. The minimum atomic E-state index is -0.125. The lowest BCUT2D eigenvalue weighted by molar-refractivity contribution is -0.120. The fourth-order valence-electron chi connectivity index (χ4n) is 4.46. The van der Waals surface area contributed by atoms with Gasteiger partial charge in [-0.25, -0.2) is 0 Å². The summed E-state index contributed by atoms with van der Waals surface area (Å²) in [5, 5.41) is 9.42. The Morgan fingerprint density at radius 3 is 2.38 bits per heavy atom. The Hall–Kier alpha value is -4.58. The average Bonchev–Trinajstić information content (AvgIpc) is 3.33. The van der Waals surface area contributed by atoms with Crippen LogP contribution in [0.1, 0.15) is 67.7 Å². The van der Waals surface area contributed by atoms with Crippen molar-refractivity contribution in [2.75, 3.05) is 14.1 Å². The molecule has 0 aromatic heterocycles. The second-order valence-electron chi connectivity index (χ2n) is 12.5. The molecule has 0 saturated carbocycles. The fourth-order valence-corrected chi connectivity index (χ4v) is 4.46. The summed E-state index contributed by atoms with van der Waals surface area (Å²) in [6.07, 6.45) is 29.2. The molecule has 0 aromatic rings. The minimum Gasteiger partial charge on any atom is -0.383 e. The third-order valence-corrected chi connectivity index (χ3v) is 7.12. The molecule has 0 atom stereocenters. The van der Waals surface area contributed by atoms with Crippen molar-refractivity contribution >= 4 is 11.8 Å². The Kier molecular flexibility index (Phi) is 14.4. The van der Waals surface area contributed by atoms with Crippen LogP contribution in [0.5, 0.6) is 0 Å². The van der Waals surface area contributed by atoms with E-state index < -0.39 is 0 Å². The normalized spacial score (nSPS) is 16.3. The Morgan fingerprint density at radius 1 is 1.02 bits per heavy atom. The topological polar surface area (TPSA) is 73.5 Å². The standard InChI is InChI=1S/C39H52N4O2/c1-11-33(41-34(23-20-28(3)4)24-25-40-37(44)12-2)26-31(27-43(9)10)35-18-13-14-19-36(29(35)5)42-38(45)30-16-15-17-32(22-21-30)39(6,7)8/h11,13-16,18,20-27,41H,1,12,17,19H2,2-10H3,(H,40,44)(H,42,45)/b25-24+,31-27+,33-26+,34-23+. The van der Waals surface area contributed by atoms with E-state index in [1.54, 1.807) is 12.3 Å². The molecule has 0 bridgehead atoms. The first-order chi connectivity index (χ1) is 21.2.